The second kappa shape index (κ2) is 10.2. The first-order chi connectivity index (χ1) is 16.3. The highest BCUT2D eigenvalue weighted by Gasteiger charge is 2.25. The van der Waals surface area contributed by atoms with Crippen LogP contribution in [0.15, 0.2) is 39.5 Å². The lowest BCUT2D eigenvalue weighted by Gasteiger charge is -2.32. The molecule has 1 amide bonds. The summed E-state index contributed by atoms with van der Waals surface area (Å²) >= 11 is 0. The van der Waals surface area contributed by atoms with Crippen LogP contribution < -0.4 is 15.1 Å². The highest BCUT2D eigenvalue weighted by Crippen LogP contribution is 2.22. The Morgan fingerprint density at radius 2 is 2.00 bits per heavy atom. The number of hydrogen-bond acceptors (Lipinski definition) is 8. The zero-order valence-corrected chi connectivity index (χ0v) is 19.9. The van der Waals surface area contributed by atoms with E-state index in [1.807, 2.05) is 33.8 Å². The minimum atomic E-state index is -0.419. The predicted octanol–water partition coefficient (Wildman–Crippen LogP) is 3.01. The van der Waals surface area contributed by atoms with Gasteiger partial charge in [-0.1, -0.05) is 13.8 Å². The summed E-state index contributed by atoms with van der Waals surface area (Å²) in [6.07, 6.45) is -0.270. The Balaban J connectivity index is 1.32. The summed E-state index contributed by atoms with van der Waals surface area (Å²) in [5.74, 6) is 1.74. The van der Waals surface area contributed by atoms with E-state index in [0.29, 0.717) is 36.9 Å². The van der Waals surface area contributed by atoms with Gasteiger partial charge < -0.3 is 23.5 Å². The van der Waals surface area contributed by atoms with Gasteiger partial charge in [0.25, 0.3) is 5.91 Å². The molecule has 9 heteroatoms. The van der Waals surface area contributed by atoms with Gasteiger partial charge in [-0.25, -0.2) is 9.78 Å². The number of aromatic nitrogens is 2. The lowest BCUT2D eigenvalue weighted by atomic mass is 10.1. The van der Waals surface area contributed by atoms with E-state index in [0.717, 1.165) is 22.5 Å². The zero-order chi connectivity index (χ0) is 24.2. The van der Waals surface area contributed by atoms with E-state index in [4.69, 9.17) is 18.6 Å². The largest absolute Gasteiger partial charge is 0.484 e. The summed E-state index contributed by atoms with van der Waals surface area (Å²) in [7, 11) is 0. The molecular weight excluding hydrogens is 438 g/mol. The molecule has 3 aromatic rings. The Morgan fingerprint density at radius 3 is 2.79 bits per heavy atom. The van der Waals surface area contributed by atoms with Gasteiger partial charge in [-0.2, -0.15) is 4.98 Å². The van der Waals surface area contributed by atoms with Gasteiger partial charge in [-0.3, -0.25) is 4.79 Å². The number of aryl methyl sites for hydroxylation is 2. The van der Waals surface area contributed by atoms with Crippen LogP contribution in [0.25, 0.3) is 11.0 Å². The summed E-state index contributed by atoms with van der Waals surface area (Å²) in [6.45, 7) is 9.26. The number of fused-ring (bicyclic) bond motifs is 1. The Bertz CT molecular complexity index is 1240. The molecule has 1 fully saturated rings. The van der Waals surface area contributed by atoms with E-state index in [2.05, 4.69) is 9.97 Å². The smallest absolute Gasteiger partial charge is 0.336 e. The van der Waals surface area contributed by atoms with Crippen LogP contribution in [0.1, 0.15) is 36.8 Å². The number of carbonyl (C=O) groups excluding carboxylic acids is 1. The van der Waals surface area contributed by atoms with Crippen LogP contribution in [0.3, 0.4) is 0 Å². The van der Waals surface area contributed by atoms with Gasteiger partial charge in [0.15, 0.2) is 6.61 Å². The second-order valence-corrected chi connectivity index (χ2v) is 8.70. The number of amides is 1. The van der Waals surface area contributed by atoms with Crippen molar-refractivity contribution in [3.05, 3.63) is 57.8 Å². The maximum Gasteiger partial charge on any atom is 0.336 e. The number of hydrogen-bond donors (Lipinski definition) is 0. The Hall–Kier alpha value is -3.46. The van der Waals surface area contributed by atoms with Crippen molar-refractivity contribution in [2.24, 2.45) is 0 Å². The third-order valence-corrected chi connectivity index (χ3v) is 5.56. The molecule has 0 aliphatic carbocycles. The predicted molar refractivity (Wildman–Crippen MR) is 125 cm³/mol. The maximum absolute atomic E-state index is 12.7. The fraction of sp³-hybridized carbons (Fsp3) is 0.440. The van der Waals surface area contributed by atoms with Gasteiger partial charge in [0, 0.05) is 41.7 Å². The molecule has 1 aliphatic rings. The number of ether oxygens (including phenoxy) is 3. The molecule has 0 spiro atoms. The number of carbonyl (C=O) groups is 1. The van der Waals surface area contributed by atoms with Crippen LogP contribution in [-0.2, 0) is 9.53 Å². The van der Waals surface area contributed by atoms with Gasteiger partial charge in [0.1, 0.15) is 29.9 Å². The summed E-state index contributed by atoms with van der Waals surface area (Å²) < 4.78 is 22.6. The molecule has 3 heterocycles. The standard InChI is InChI=1S/C25H29N3O6/c1-15(2)25-26-17(4)10-22(27-25)33-13-19-12-28(7-8-31-19)23(29)14-32-18-5-6-20-16(3)9-24(30)34-21(20)11-18/h5-6,9-11,15,19H,7-8,12-14H2,1-4H3. The van der Waals surface area contributed by atoms with Crippen LogP contribution in [0, 0.1) is 13.8 Å². The third-order valence-electron chi connectivity index (χ3n) is 5.56. The first kappa shape index (κ1) is 23.7. The van der Waals surface area contributed by atoms with E-state index < -0.39 is 5.63 Å². The van der Waals surface area contributed by atoms with Crippen molar-refractivity contribution in [3.63, 3.8) is 0 Å². The van der Waals surface area contributed by atoms with Crippen molar-refractivity contribution in [1.29, 1.82) is 0 Å². The van der Waals surface area contributed by atoms with Gasteiger partial charge in [-0.05, 0) is 31.5 Å². The summed E-state index contributed by atoms with van der Waals surface area (Å²) in [4.78, 5) is 34.9. The van der Waals surface area contributed by atoms with Gasteiger partial charge in [0.05, 0.1) is 13.2 Å². The van der Waals surface area contributed by atoms with Gasteiger partial charge >= 0.3 is 5.63 Å². The Kier molecular flexibility index (Phi) is 7.12. The third kappa shape index (κ3) is 5.72. The van der Waals surface area contributed by atoms with E-state index in [1.54, 1.807) is 23.1 Å². The van der Waals surface area contributed by atoms with Crippen molar-refractivity contribution in [3.8, 4) is 11.6 Å². The Labute approximate surface area is 197 Å². The normalized spacial score (nSPS) is 16.1. The average Bonchev–Trinajstić information content (AvgIpc) is 2.80. The molecule has 1 unspecified atom stereocenters. The first-order valence-corrected chi connectivity index (χ1v) is 11.3. The van der Waals surface area contributed by atoms with Crippen LogP contribution in [0.4, 0.5) is 0 Å². The fourth-order valence-corrected chi connectivity index (χ4v) is 3.75. The van der Waals surface area contributed by atoms with Crippen LogP contribution >= 0.6 is 0 Å². The molecule has 1 aliphatic heterocycles. The summed E-state index contributed by atoms with van der Waals surface area (Å²) in [5.41, 5.74) is 1.68. The zero-order valence-electron chi connectivity index (χ0n) is 19.9. The molecule has 4 rings (SSSR count). The number of morpholine rings is 1. The molecule has 34 heavy (non-hydrogen) atoms. The van der Waals surface area contributed by atoms with E-state index in [-0.39, 0.29) is 31.1 Å². The van der Waals surface area contributed by atoms with Crippen molar-refractivity contribution in [2.75, 3.05) is 32.9 Å². The van der Waals surface area contributed by atoms with Crippen molar-refractivity contribution >= 4 is 16.9 Å². The van der Waals surface area contributed by atoms with Crippen LogP contribution in [0.2, 0.25) is 0 Å². The van der Waals surface area contributed by atoms with E-state index in [9.17, 15) is 9.59 Å². The van der Waals surface area contributed by atoms with Crippen LogP contribution in [0.5, 0.6) is 11.6 Å². The minimum Gasteiger partial charge on any atom is -0.484 e. The molecule has 0 saturated carbocycles. The highest BCUT2D eigenvalue weighted by atomic mass is 16.5. The number of rotatable bonds is 7. The molecule has 2 aromatic heterocycles. The topological polar surface area (TPSA) is 104 Å². The molecular formula is C25H29N3O6. The molecule has 0 N–H and O–H groups in total. The molecule has 1 saturated heterocycles. The van der Waals surface area contributed by atoms with Crippen molar-refractivity contribution < 1.29 is 23.4 Å². The molecule has 0 bridgehead atoms. The quantitative estimate of drug-likeness (QED) is 0.489. The van der Waals surface area contributed by atoms with E-state index in [1.165, 1.54) is 6.07 Å². The van der Waals surface area contributed by atoms with Gasteiger partial charge in [-0.15, -0.1) is 0 Å². The molecule has 9 nitrogen and oxygen atoms in total. The first-order valence-electron chi connectivity index (χ1n) is 11.3. The lowest BCUT2D eigenvalue weighted by molar-refractivity contribution is -0.142. The fourth-order valence-electron chi connectivity index (χ4n) is 3.75. The summed E-state index contributed by atoms with van der Waals surface area (Å²) in [6, 6.07) is 8.43. The molecule has 1 atom stereocenters. The van der Waals surface area contributed by atoms with Crippen molar-refractivity contribution in [2.45, 2.75) is 39.7 Å². The SMILES string of the molecule is Cc1cc(OCC2CN(C(=O)COc3ccc4c(C)cc(=O)oc4c3)CCO2)nc(C(C)C)n1. The van der Waals surface area contributed by atoms with Crippen molar-refractivity contribution in [1.82, 2.24) is 14.9 Å². The number of benzene rings is 1. The molecule has 180 valence electrons. The lowest BCUT2D eigenvalue weighted by Crippen LogP contribution is -2.49. The molecule has 0 radical (unpaired) electrons. The minimum absolute atomic E-state index is 0.127. The van der Waals surface area contributed by atoms with Crippen LogP contribution in [-0.4, -0.2) is 59.8 Å². The maximum atomic E-state index is 12.7. The summed E-state index contributed by atoms with van der Waals surface area (Å²) in [5, 5.41) is 0.827. The van der Waals surface area contributed by atoms with E-state index >= 15 is 0 Å². The average molecular weight is 468 g/mol. The number of nitrogens with zero attached hydrogens (tertiary/aromatic N) is 3. The highest BCUT2D eigenvalue weighted by molar-refractivity contribution is 5.81. The Morgan fingerprint density at radius 1 is 1.18 bits per heavy atom. The van der Waals surface area contributed by atoms with Gasteiger partial charge in [0.2, 0.25) is 5.88 Å². The molecule has 1 aromatic carbocycles. The second-order valence-electron chi connectivity index (χ2n) is 8.70. The monoisotopic (exact) mass is 467 g/mol.